The molecule has 3 heterocycles. The number of carbonyl (C=O) groups is 1. The molecule has 1 atom stereocenters. The average molecular weight is 389 g/mol. The summed E-state index contributed by atoms with van der Waals surface area (Å²) in [6.07, 6.45) is 3.32. The Balaban J connectivity index is 1.44. The van der Waals surface area contributed by atoms with E-state index >= 15 is 0 Å². The molecule has 1 aromatic carbocycles. The van der Waals surface area contributed by atoms with Gasteiger partial charge in [0.1, 0.15) is 5.75 Å². The molecule has 28 heavy (non-hydrogen) atoms. The number of carbonyl (C=O) groups excluding carboxylic acids is 1. The highest BCUT2D eigenvalue weighted by molar-refractivity contribution is 5.97. The number of rotatable bonds is 6. The number of aromatic nitrogens is 1. The van der Waals surface area contributed by atoms with Crippen molar-refractivity contribution in [1.29, 1.82) is 0 Å². The number of nitrogens with one attached hydrogen (secondary N) is 1. The van der Waals surface area contributed by atoms with Crippen LogP contribution in [0.15, 0.2) is 57.9 Å². The molecule has 0 saturated carbocycles. The number of hydrogen-bond donors (Lipinski definition) is 1. The van der Waals surface area contributed by atoms with Gasteiger partial charge in [-0.05, 0) is 30.7 Å². The second kappa shape index (κ2) is 7.71. The van der Waals surface area contributed by atoms with Gasteiger partial charge in [0.2, 0.25) is 5.76 Å². The fourth-order valence-electron chi connectivity index (χ4n) is 3.26. The number of alkyl halides is 2. The Kier molecular flexibility index (Phi) is 4.96. The van der Waals surface area contributed by atoms with Crippen LogP contribution in [0.4, 0.5) is 14.5 Å². The molecule has 1 saturated heterocycles. The minimum Gasteiger partial charge on any atom is -0.461 e. The van der Waals surface area contributed by atoms with Crippen molar-refractivity contribution in [2.75, 3.05) is 18.0 Å². The van der Waals surface area contributed by atoms with Crippen LogP contribution in [0.5, 0.6) is 5.75 Å². The van der Waals surface area contributed by atoms with E-state index in [-0.39, 0.29) is 29.2 Å². The standard InChI is InChI=1S/C19H17F2N3O4/c20-19(21)28-14-5-2-1-4-13(14)24-8-7-12(10-24)23-18(25)16-17(27-11-22-16)15-6-3-9-26-15/h1-6,9,11-12,19H,7-8,10H2,(H,23,25). The van der Waals surface area contributed by atoms with Gasteiger partial charge in [-0.3, -0.25) is 4.79 Å². The van der Waals surface area contributed by atoms with Crippen LogP contribution >= 0.6 is 0 Å². The Labute approximate surface area is 158 Å². The van der Waals surface area contributed by atoms with Gasteiger partial charge in [0.15, 0.2) is 17.8 Å². The van der Waals surface area contributed by atoms with Crippen molar-refractivity contribution in [1.82, 2.24) is 10.3 Å². The smallest absolute Gasteiger partial charge is 0.387 e. The maximum Gasteiger partial charge on any atom is 0.387 e. The first kappa shape index (κ1) is 18.0. The fourth-order valence-corrected chi connectivity index (χ4v) is 3.26. The predicted molar refractivity (Wildman–Crippen MR) is 95.4 cm³/mol. The zero-order valence-electron chi connectivity index (χ0n) is 14.7. The Morgan fingerprint density at radius 2 is 2.11 bits per heavy atom. The summed E-state index contributed by atoms with van der Waals surface area (Å²) in [5.41, 5.74) is 0.701. The lowest BCUT2D eigenvalue weighted by Gasteiger charge is -2.21. The third-order valence-electron chi connectivity index (χ3n) is 4.47. The quantitative estimate of drug-likeness (QED) is 0.695. The molecular formula is C19H17F2N3O4. The van der Waals surface area contributed by atoms with E-state index in [9.17, 15) is 13.6 Å². The van der Waals surface area contributed by atoms with E-state index in [1.807, 2.05) is 4.90 Å². The summed E-state index contributed by atoms with van der Waals surface area (Å²) in [5, 5.41) is 2.91. The summed E-state index contributed by atoms with van der Waals surface area (Å²) in [7, 11) is 0. The molecule has 7 nitrogen and oxygen atoms in total. The number of halogens is 2. The molecule has 0 bridgehead atoms. The van der Waals surface area contributed by atoms with Crippen molar-refractivity contribution in [2.24, 2.45) is 0 Å². The third kappa shape index (κ3) is 3.68. The summed E-state index contributed by atoms with van der Waals surface area (Å²) in [5.74, 6) is 0.395. The lowest BCUT2D eigenvalue weighted by molar-refractivity contribution is -0.0495. The summed E-state index contributed by atoms with van der Waals surface area (Å²) in [6, 6.07) is 9.80. The summed E-state index contributed by atoms with van der Waals surface area (Å²) in [6.45, 7) is -1.84. The predicted octanol–water partition coefficient (Wildman–Crippen LogP) is 3.54. The molecule has 0 spiro atoms. The van der Waals surface area contributed by atoms with Gasteiger partial charge in [-0.15, -0.1) is 0 Å². The van der Waals surface area contributed by atoms with E-state index in [0.29, 0.717) is 31.0 Å². The van der Waals surface area contributed by atoms with Gasteiger partial charge in [0, 0.05) is 19.1 Å². The normalized spacial score (nSPS) is 16.5. The molecule has 146 valence electrons. The largest absolute Gasteiger partial charge is 0.461 e. The maximum atomic E-state index is 12.6. The van der Waals surface area contributed by atoms with Crippen LogP contribution in [0.1, 0.15) is 16.9 Å². The first-order valence-electron chi connectivity index (χ1n) is 8.69. The highest BCUT2D eigenvalue weighted by Gasteiger charge is 2.29. The molecule has 1 unspecified atom stereocenters. The van der Waals surface area contributed by atoms with Crippen molar-refractivity contribution in [3.05, 3.63) is 54.7 Å². The maximum absolute atomic E-state index is 12.6. The Hall–Kier alpha value is -3.36. The fraction of sp³-hybridized carbons (Fsp3) is 0.263. The molecule has 1 N–H and O–H groups in total. The zero-order chi connectivity index (χ0) is 19.5. The second-order valence-electron chi connectivity index (χ2n) is 6.26. The lowest BCUT2D eigenvalue weighted by Crippen LogP contribution is -2.37. The van der Waals surface area contributed by atoms with Gasteiger partial charge < -0.3 is 23.8 Å². The highest BCUT2D eigenvalue weighted by atomic mass is 19.3. The van der Waals surface area contributed by atoms with E-state index in [1.54, 1.807) is 30.3 Å². The van der Waals surface area contributed by atoms with Crippen LogP contribution in [0, 0.1) is 0 Å². The number of para-hydroxylation sites is 2. The van der Waals surface area contributed by atoms with Gasteiger partial charge >= 0.3 is 6.61 Å². The van der Waals surface area contributed by atoms with Gasteiger partial charge in [0.25, 0.3) is 5.91 Å². The van der Waals surface area contributed by atoms with E-state index in [2.05, 4.69) is 15.0 Å². The number of anilines is 1. The lowest BCUT2D eigenvalue weighted by atomic mass is 10.2. The molecule has 9 heteroatoms. The van der Waals surface area contributed by atoms with Crippen molar-refractivity contribution in [3.8, 4) is 17.3 Å². The van der Waals surface area contributed by atoms with Crippen LogP contribution < -0.4 is 15.0 Å². The molecule has 1 amide bonds. The van der Waals surface area contributed by atoms with Crippen LogP contribution in [-0.4, -0.2) is 36.6 Å². The van der Waals surface area contributed by atoms with E-state index in [0.717, 1.165) is 0 Å². The number of ether oxygens (including phenoxy) is 1. The van der Waals surface area contributed by atoms with Gasteiger partial charge in [-0.2, -0.15) is 8.78 Å². The summed E-state index contributed by atoms with van der Waals surface area (Å²) >= 11 is 0. The van der Waals surface area contributed by atoms with E-state index in [1.165, 1.54) is 18.7 Å². The number of amides is 1. The second-order valence-corrected chi connectivity index (χ2v) is 6.26. The number of oxazole rings is 1. The Bertz CT molecular complexity index is 942. The summed E-state index contributed by atoms with van der Waals surface area (Å²) < 4.78 is 40.4. The Morgan fingerprint density at radius 3 is 2.89 bits per heavy atom. The topological polar surface area (TPSA) is 80.7 Å². The molecule has 1 aliphatic rings. The van der Waals surface area contributed by atoms with Crippen LogP contribution in [0.2, 0.25) is 0 Å². The van der Waals surface area contributed by atoms with Crippen molar-refractivity contribution in [3.63, 3.8) is 0 Å². The average Bonchev–Trinajstić information content (AvgIpc) is 3.42. The molecule has 0 radical (unpaired) electrons. The van der Waals surface area contributed by atoms with Gasteiger partial charge in [0.05, 0.1) is 12.0 Å². The first-order valence-corrected chi connectivity index (χ1v) is 8.69. The van der Waals surface area contributed by atoms with Crippen LogP contribution in [0.3, 0.4) is 0 Å². The van der Waals surface area contributed by atoms with Crippen molar-refractivity contribution in [2.45, 2.75) is 19.1 Å². The zero-order valence-corrected chi connectivity index (χ0v) is 14.7. The van der Waals surface area contributed by atoms with Gasteiger partial charge in [-0.25, -0.2) is 4.98 Å². The number of hydrogen-bond acceptors (Lipinski definition) is 6. The molecular weight excluding hydrogens is 372 g/mol. The first-order chi connectivity index (χ1) is 13.6. The molecule has 1 aliphatic heterocycles. The molecule has 0 aliphatic carbocycles. The van der Waals surface area contributed by atoms with Crippen LogP contribution in [0.25, 0.3) is 11.5 Å². The molecule has 2 aromatic heterocycles. The van der Waals surface area contributed by atoms with E-state index in [4.69, 9.17) is 8.83 Å². The van der Waals surface area contributed by atoms with Crippen molar-refractivity contribution < 1.29 is 27.1 Å². The highest BCUT2D eigenvalue weighted by Crippen LogP contribution is 2.32. The Morgan fingerprint density at radius 1 is 1.25 bits per heavy atom. The number of nitrogens with zero attached hydrogens (tertiary/aromatic N) is 2. The monoisotopic (exact) mass is 389 g/mol. The molecule has 4 rings (SSSR count). The number of benzene rings is 1. The number of furan rings is 1. The minimum atomic E-state index is -2.90. The van der Waals surface area contributed by atoms with Gasteiger partial charge in [-0.1, -0.05) is 12.1 Å². The third-order valence-corrected chi connectivity index (χ3v) is 4.47. The van der Waals surface area contributed by atoms with Crippen molar-refractivity contribution >= 4 is 11.6 Å². The minimum absolute atomic E-state index is 0.112. The molecule has 1 fully saturated rings. The van der Waals surface area contributed by atoms with E-state index < -0.39 is 6.61 Å². The van der Waals surface area contributed by atoms with Crippen LogP contribution in [-0.2, 0) is 0 Å². The SMILES string of the molecule is O=C(NC1CCN(c2ccccc2OC(F)F)C1)c1ncoc1-c1ccco1. The molecule has 3 aromatic rings. The summed E-state index contributed by atoms with van der Waals surface area (Å²) in [4.78, 5) is 18.5.